The van der Waals surface area contributed by atoms with Crippen molar-refractivity contribution in [2.75, 3.05) is 13.2 Å². The number of hydrogen-bond donors (Lipinski definition) is 4. The molecular weight excluding hydrogens is 270 g/mol. The summed E-state index contributed by atoms with van der Waals surface area (Å²) in [5.74, 6) is -0.553. The molecule has 0 bridgehead atoms. The molecule has 0 saturated carbocycles. The molecule has 0 saturated heterocycles. The van der Waals surface area contributed by atoms with E-state index in [-0.39, 0.29) is 13.0 Å². The Morgan fingerprint density at radius 2 is 1.76 bits per heavy atom. The second-order valence-electron chi connectivity index (χ2n) is 5.50. The van der Waals surface area contributed by atoms with Gasteiger partial charge in [-0.05, 0) is 30.0 Å². The van der Waals surface area contributed by atoms with Gasteiger partial charge in [0.1, 0.15) is 0 Å². The van der Waals surface area contributed by atoms with Crippen LogP contribution < -0.4 is 5.32 Å². The average Bonchev–Trinajstić information content (AvgIpc) is 2.45. The first-order valence-electron chi connectivity index (χ1n) is 7.29. The van der Waals surface area contributed by atoms with Gasteiger partial charge in [0, 0.05) is 12.6 Å². The Labute approximate surface area is 125 Å². The molecule has 0 amide bonds. The Kier molecular flexibility index (Phi) is 7.36. The number of hydrogen-bond acceptors (Lipinski definition) is 4. The lowest BCUT2D eigenvalue weighted by atomic mass is 9.96. The zero-order chi connectivity index (χ0) is 15.8. The molecule has 1 aromatic rings. The summed E-state index contributed by atoms with van der Waals surface area (Å²) >= 11 is 0. The van der Waals surface area contributed by atoms with Gasteiger partial charge in [0.2, 0.25) is 0 Å². The predicted molar refractivity (Wildman–Crippen MR) is 81.2 cm³/mol. The number of aliphatic hydroxyl groups excluding tert-OH is 2. The predicted octanol–water partition coefficient (Wildman–Crippen LogP) is 1.66. The Bertz CT molecular complexity index is 430. The second-order valence-corrected chi connectivity index (χ2v) is 5.50. The van der Waals surface area contributed by atoms with E-state index in [4.69, 9.17) is 10.2 Å². The highest BCUT2D eigenvalue weighted by Crippen LogP contribution is 2.22. The summed E-state index contributed by atoms with van der Waals surface area (Å²) in [6.07, 6.45) is -0.533. The maximum Gasteiger partial charge on any atom is 0.305 e. The van der Waals surface area contributed by atoms with Crippen LogP contribution in [0.15, 0.2) is 24.3 Å². The number of aliphatic carboxylic acids is 1. The van der Waals surface area contributed by atoms with Crippen molar-refractivity contribution in [3.63, 3.8) is 0 Å². The molecule has 0 aliphatic heterocycles. The third kappa shape index (κ3) is 5.83. The van der Waals surface area contributed by atoms with Crippen LogP contribution in [0.2, 0.25) is 0 Å². The minimum absolute atomic E-state index is 0.0337. The minimum Gasteiger partial charge on any atom is -0.481 e. The van der Waals surface area contributed by atoms with E-state index in [2.05, 4.69) is 19.2 Å². The molecular formula is C16H25NO4. The van der Waals surface area contributed by atoms with E-state index in [1.54, 1.807) is 0 Å². The largest absolute Gasteiger partial charge is 0.481 e. The van der Waals surface area contributed by atoms with Crippen molar-refractivity contribution in [3.8, 4) is 0 Å². The first-order valence-corrected chi connectivity index (χ1v) is 7.29. The zero-order valence-corrected chi connectivity index (χ0v) is 12.6. The molecule has 0 aliphatic rings. The summed E-state index contributed by atoms with van der Waals surface area (Å²) in [7, 11) is 0. The summed E-state index contributed by atoms with van der Waals surface area (Å²) in [6, 6.07) is 7.01. The minimum atomic E-state index is -0.964. The third-order valence-electron chi connectivity index (χ3n) is 3.46. The molecule has 0 fully saturated rings. The SMILES string of the molecule is CC(C)c1ccc(C(O)C(CC(=O)O)NCCCO)cc1. The van der Waals surface area contributed by atoms with Crippen LogP contribution in [0.1, 0.15) is 49.8 Å². The fourth-order valence-corrected chi connectivity index (χ4v) is 2.16. The number of aliphatic hydroxyl groups is 2. The summed E-state index contributed by atoms with van der Waals surface area (Å²) in [6.45, 7) is 4.69. The van der Waals surface area contributed by atoms with Crippen LogP contribution in [-0.2, 0) is 4.79 Å². The van der Waals surface area contributed by atoms with Gasteiger partial charge in [0.25, 0.3) is 0 Å². The highest BCUT2D eigenvalue weighted by Gasteiger charge is 2.23. The Morgan fingerprint density at radius 1 is 1.19 bits per heavy atom. The van der Waals surface area contributed by atoms with Gasteiger partial charge >= 0.3 is 5.97 Å². The molecule has 1 rings (SSSR count). The van der Waals surface area contributed by atoms with E-state index in [0.717, 1.165) is 0 Å². The maximum absolute atomic E-state index is 10.9. The van der Waals surface area contributed by atoms with E-state index in [1.165, 1.54) is 5.56 Å². The topological polar surface area (TPSA) is 89.8 Å². The van der Waals surface area contributed by atoms with E-state index in [1.807, 2.05) is 24.3 Å². The lowest BCUT2D eigenvalue weighted by Crippen LogP contribution is -2.37. The van der Waals surface area contributed by atoms with E-state index in [0.29, 0.717) is 24.4 Å². The number of carboxylic acids is 1. The van der Waals surface area contributed by atoms with Crippen LogP contribution in [0.5, 0.6) is 0 Å². The van der Waals surface area contributed by atoms with Crippen LogP contribution in [0, 0.1) is 0 Å². The molecule has 0 radical (unpaired) electrons. The highest BCUT2D eigenvalue weighted by atomic mass is 16.4. The van der Waals surface area contributed by atoms with E-state index < -0.39 is 18.1 Å². The number of carboxylic acid groups (broad SMARTS) is 1. The fraction of sp³-hybridized carbons (Fsp3) is 0.562. The van der Waals surface area contributed by atoms with Crippen molar-refractivity contribution in [2.45, 2.75) is 44.8 Å². The monoisotopic (exact) mass is 295 g/mol. The van der Waals surface area contributed by atoms with Gasteiger partial charge < -0.3 is 20.6 Å². The lowest BCUT2D eigenvalue weighted by molar-refractivity contribution is -0.138. The van der Waals surface area contributed by atoms with Gasteiger partial charge in [0.15, 0.2) is 0 Å². The highest BCUT2D eigenvalue weighted by molar-refractivity contribution is 5.67. The summed E-state index contributed by atoms with van der Waals surface area (Å²) < 4.78 is 0. The van der Waals surface area contributed by atoms with Gasteiger partial charge in [-0.1, -0.05) is 38.1 Å². The summed E-state index contributed by atoms with van der Waals surface area (Å²) in [5, 5.41) is 31.1. The van der Waals surface area contributed by atoms with Gasteiger partial charge in [-0.15, -0.1) is 0 Å². The number of rotatable bonds is 9. The van der Waals surface area contributed by atoms with Gasteiger partial charge in [-0.2, -0.15) is 0 Å². The lowest BCUT2D eigenvalue weighted by Gasteiger charge is -2.23. The molecule has 5 nitrogen and oxygen atoms in total. The molecule has 0 spiro atoms. The molecule has 0 aliphatic carbocycles. The van der Waals surface area contributed by atoms with Crippen LogP contribution in [0.3, 0.4) is 0 Å². The van der Waals surface area contributed by atoms with Gasteiger partial charge in [-0.25, -0.2) is 0 Å². The molecule has 2 atom stereocenters. The number of benzene rings is 1. The van der Waals surface area contributed by atoms with Crippen molar-refractivity contribution >= 4 is 5.97 Å². The van der Waals surface area contributed by atoms with Crippen molar-refractivity contribution in [1.29, 1.82) is 0 Å². The van der Waals surface area contributed by atoms with Crippen LogP contribution in [0.4, 0.5) is 0 Å². The molecule has 1 aromatic carbocycles. The number of nitrogens with one attached hydrogen (secondary N) is 1. The molecule has 118 valence electrons. The molecule has 5 heteroatoms. The zero-order valence-electron chi connectivity index (χ0n) is 12.6. The Balaban J connectivity index is 2.77. The molecule has 21 heavy (non-hydrogen) atoms. The molecule has 4 N–H and O–H groups in total. The summed E-state index contributed by atoms with van der Waals surface area (Å²) in [4.78, 5) is 10.9. The normalized spacial score (nSPS) is 14.1. The van der Waals surface area contributed by atoms with E-state index >= 15 is 0 Å². The third-order valence-corrected chi connectivity index (χ3v) is 3.46. The standard InChI is InChI=1S/C16H25NO4/c1-11(2)12-4-6-13(7-5-12)16(21)14(10-15(19)20)17-8-3-9-18/h4-7,11,14,16-18,21H,3,8-10H2,1-2H3,(H,19,20). The quantitative estimate of drug-likeness (QED) is 0.520. The first kappa shape index (κ1) is 17.6. The number of carbonyl (C=O) groups is 1. The van der Waals surface area contributed by atoms with Gasteiger partial charge in [0.05, 0.1) is 12.5 Å². The van der Waals surface area contributed by atoms with Crippen LogP contribution in [0.25, 0.3) is 0 Å². The Morgan fingerprint density at radius 3 is 2.24 bits per heavy atom. The van der Waals surface area contributed by atoms with Crippen molar-refractivity contribution < 1.29 is 20.1 Å². The molecule has 2 unspecified atom stereocenters. The molecule has 0 aromatic heterocycles. The summed E-state index contributed by atoms with van der Waals surface area (Å²) in [5.41, 5.74) is 1.87. The van der Waals surface area contributed by atoms with Crippen molar-refractivity contribution in [2.24, 2.45) is 0 Å². The van der Waals surface area contributed by atoms with Crippen molar-refractivity contribution in [1.82, 2.24) is 5.32 Å². The first-order chi connectivity index (χ1) is 9.95. The van der Waals surface area contributed by atoms with Crippen molar-refractivity contribution in [3.05, 3.63) is 35.4 Å². The fourth-order valence-electron chi connectivity index (χ4n) is 2.16. The molecule has 0 heterocycles. The average molecular weight is 295 g/mol. The van der Waals surface area contributed by atoms with Crippen LogP contribution in [-0.4, -0.2) is 40.5 Å². The van der Waals surface area contributed by atoms with Gasteiger partial charge in [-0.3, -0.25) is 4.79 Å². The Hall–Kier alpha value is -1.43. The van der Waals surface area contributed by atoms with E-state index in [9.17, 15) is 9.90 Å². The smallest absolute Gasteiger partial charge is 0.305 e. The van der Waals surface area contributed by atoms with Crippen LogP contribution >= 0.6 is 0 Å². The second kappa shape index (κ2) is 8.77. The maximum atomic E-state index is 10.9.